The van der Waals surface area contributed by atoms with Gasteiger partial charge < -0.3 is 0 Å². The van der Waals surface area contributed by atoms with Gasteiger partial charge >= 0.3 is 141 Å². The molecule has 0 aromatic heterocycles. The van der Waals surface area contributed by atoms with Crippen molar-refractivity contribution in [3.05, 3.63) is 22.7 Å². The minimum atomic E-state index is -2.95. The largest absolute Gasteiger partial charge is 0.147 e. The van der Waals surface area contributed by atoms with Crippen LogP contribution >= 0.6 is 32.3 Å². The van der Waals surface area contributed by atoms with Crippen LogP contribution in [0.4, 0.5) is 0 Å². The minimum Gasteiger partial charge on any atom is -0.147 e. The van der Waals surface area contributed by atoms with Gasteiger partial charge in [-0.3, -0.25) is 0 Å². The Morgan fingerprint density at radius 2 is 1.25 bits per heavy atom. The molecule has 0 fully saturated rings. The van der Waals surface area contributed by atoms with Gasteiger partial charge in [-0.2, -0.15) is 0 Å². The summed E-state index contributed by atoms with van der Waals surface area (Å²) in [5.41, 5.74) is 0. The molecule has 0 radical (unpaired) electrons. The first-order valence-corrected chi connectivity index (χ1v) is 21.2. The van der Waals surface area contributed by atoms with Crippen molar-refractivity contribution in [1.82, 2.24) is 0 Å². The summed E-state index contributed by atoms with van der Waals surface area (Å²) >= 11 is 0. The Morgan fingerprint density at radius 3 is 1.50 bits per heavy atom. The molecular weight excluding hydrogens is 410 g/mol. The van der Waals surface area contributed by atoms with Crippen LogP contribution in [0, 0.1) is 0 Å². The van der Waals surface area contributed by atoms with Crippen molar-refractivity contribution in [3.63, 3.8) is 0 Å². The van der Waals surface area contributed by atoms with E-state index in [9.17, 15) is 0 Å². The molecule has 0 aromatic rings. The first-order chi connectivity index (χ1) is 9.26. The molecule has 0 unspecified atom stereocenters. The van der Waals surface area contributed by atoms with Gasteiger partial charge in [-0.25, -0.2) is 0 Å². The van der Waals surface area contributed by atoms with Crippen LogP contribution in [-0.4, -0.2) is 16.6 Å². The van der Waals surface area contributed by atoms with Gasteiger partial charge in [-0.05, 0) is 0 Å². The van der Waals surface area contributed by atoms with E-state index in [1.807, 2.05) is 0 Å². The quantitative estimate of drug-likeness (QED) is 0.296. The first-order valence-electron chi connectivity index (χ1n) is 8.43. The van der Waals surface area contributed by atoms with E-state index < -0.39 is 16.6 Å². The molecule has 0 saturated heterocycles. The minimum absolute atomic E-state index is 0. The number of halogens is 2. The van der Waals surface area contributed by atoms with Gasteiger partial charge in [-0.15, -0.1) is 24.8 Å². The molecule has 0 amide bonds. The van der Waals surface area contributed by atoms with E-state index in [2.05, 4.69) is 96.0 Å². The number of hydrogen-bond donors (Lipinski definition) is 0. The Bertz CT molecular complexity index is 513. The van der Waals surface area contributed by atoms with Crippen LogP contribution in [0.5, 0.6) is 0 Å². The van der Waals surface area contributed by atoms with Gasteiger partial charge in [0.05, 0.1) is 0 Å². The van der Waals surface area contributed by atoms with Crippen LogP contribution in [0.2, 0.25) is 36.2 Å². The van der Waals surface area contributed by atoms with E-state index in [4.69, 9.17) is 0 Å². The van der Waals surface area contributed by atoms with Crippen molar-refractivity contribution >= 4 is 38.6 Å². The van der Waals surface area contributed by atoms with Crippen LogP contribution in [0.1, 0.15) is 48.0 Å². The van der Waals surface area contributed by atoms with Crippen LogP contribution in [0.25, 0.3) is 0 Å². The third-order valence-electron chi connectivity index (χ3n) is 6.05. The monoisotopic (exact) mass is 452 g/mol. The summed E-state index contributed by atoms with van der Waals surface area (Å²) in [5.74, 6) is 10.9. The summed E-state index contributed by atoms with van der Waals surface area (Å²) in [5, 5.41) is 0.832. The molecule has 0 aliphatic heterocycles. The van der Waals surface area contributed by atoms with E-state index in [-0.39, 0.29) is 32.3 Å². The van der Waals surface area contributed by atoms with Gasteiger partial charge in [0.2, 0.25) is 0 Å². The van der Waals surface area contributed by atoms with E-state index in [1.165, 1.54) is 6.42 Å². The van der Waals surface area contributed by atoms with Gasteiger partial charge in [0.25, 0.3) is 0 Å². The van der Waals surface area contributed by atoms with Crippen LogP contribution in [0.15, 0.2) is 22.7 Å². The Labute approximate surface area is 165 Å². The van der Waals surface area contributed by atoms with Crippen molar-refractivity contribution in [2.75, 3.05) is 0 Å². The molecule has 0 aromatic carbocycles. The smallest absolute Gasteiger partial charge is 0.147 e. The van der Waals surface area contributed by atoms with Crippen molar-refractivity contribution in [1.29, 1.82) is 0 Å². The predicted octanol–water partition coefficient (Wildman–Crippen LogP) is 8.87. The van der Waals surface area contributed by atoms with Gasteiger partial charge in [0, 0.05) is 0 Å². The molecule has 0 bridgehead atoms. The first kappa shape index (κ1) is 27.5. The second-order valence-electron chi connectivity index (χ2n) is 11.6. The molecule has 0 nitrogen and oxygen atoms in total. The van der Waals surface area contributed by atoms with Crippen molar-refractivity contribution in [2.45, 2.75) is 94.5 Å². The molecule has 1 aliphatic rings. The summed E-state index contributed by atoms with van der Waals surface area (Å²) in [6.45, 7) is 20.5. The fourth-order valence-corrected chi connectivity index (χ4v) is 50.1. The molecule has 0 spiro atoms. The number of rotatable bonds is 3. The Morgan fingerprint density at radius 1 is 0.875 bits per heavy atom. The normalized spacial score (nSPS) is 19.1. The molecule has 1 rings (SSSR count). The zero-order valence-corrected chi connectivity index (χ0v) is 22.9. The van der Waals surface area contributed by atoms with E-state index >= 15 is 0 Å². The number of allylic oxidation sites excluding steroid dienone is 4. The summed E-state index contributed by atoms with van der Waals surface area (Å²) in [7, 11) is -2.99. The summed E-state index contributed by atoms with van der Waals surface area (Å²) in [6.07, 6.45) is 6.82. The number of hydrogen-bond acceptors (Lipinski definition) is 0. The fraction of sp³-hybridized carbons (Fsp3) is 0.789. The second-order valence-corrected chi connectivity index (χ2v) is 50.2. The van der Waals surface area contributed by atoms with E-state index in [0.29, 0.717) is 10.3 Å². The van der Waals surface area contributed by atoms with Crippen LogP contribution in [0.3, 0.4) is 0 Å². The second kappa shape index (κ2) is 6.69. The maximum Gasteiger partial charge on any atom is -0.147 e. The van der Waals surface area contributed by atoms with Crippen LogP contribution < -0.4 is 0 Å². The molecule has 24 heavy (non-hydrogen) atoms. The Kier molecular flexibility index (Phi) is 7.65. The topological polar surface area (TPSA) is 0 Å². The Hall–Kier alpha value is 1.24. The van der Waals surface area contributed by atoms with Crippen molar-refractivity contribution < 1.29 is 10.3 Å². The third kappa shape index (κ3) is 4.38. The van der Waals surface area contributed by atoms with Crippen molar-refractivity contribution in [3.8, 4) is 0 Å². The average molecular weight is 454 g/mol. The zero-order chi connectivity index (χ0) is 17.9. The molecule has 148 valence electrons. The maximum absolute atomic E-state index is 2.95. The fourth-order valence-electron chi connectivity index (χ4n) is 4.46. The third-order valence-corrected chi connectivity index (χ3v) is 60.6. The standard InChI is InChI=1S/C10H24PSi.C5H5.4CH3.2ClH.Cr/c1-9(2,3)11(12(7)8)10(4,5)6;1-2-4-5-3-1;;;;;;;/h1-8H3;1-3H,4H2;4*1H3;2*1H;. The molecule has 0 heterocycles. The predicted molar refractivity (Wildman–Crippen MR) is 124 cm³/mol. The summed E-state index contributed by atoms with van der Waals surface area (Å²) in [4.78, 5) is 0. The molecule has 1 aliphatic carbocycles. The van der Waals surface area contributed by atoms with E-state index in [1.54, 1.807) is 4.44 Å². The van der Waals surface area contributed by atoms with Crippen molar-refractivity contribution in [2.24, 2.45) is 0 Å². The molecule has 0 atom stereocenters. The zero-order valence-electron chi connectivity index (χ0n) is 18.1. The van der Waals surface area contributed by atoms with E-state index in [0.717, 1.165) is 0 Å². The van der Waals surface area contributed by atoms with Gasteiger partial charge in [-0.1, -0.05) is 0 Å². The molecule has 0 saturated carbocycles. The summed E-state index contributed by atoms with van der Waals surface area (Å²) < 4.78 is 1.80. The summed E-state index contributed by atoms with van der Waals surface area (Å²) in [6, 6.07) is 0. The maximum atomic E-state index is 2.74. The average Bonchev–Trinajstić information content (AvgIpc) is 2.61. The molecule has 0 N–H and O–H groups in total. The SMILES string of the molecule is CC(C)(C)P(C(C)(C)C)[Si](C)(C)[Cr]([CH3])([CH3])([CH3])([CH3])[C]1=CC=CC1.Cl.Cl. The van der Waals surface area contributed by atoms with Crippen LogP contribution in [-0.2, 0) is 10.3 Å². The van der Waals surface area contributed by atoms with Gasteiger partial charge in [0.15, 0.2) is 0 Å². The van der Waals surface area contributed by atoms with Gasteiger partial charge in [0.1, 0.15) is 0 Å². The molecule has 5 heteroatoms. The Balaban J connectivity index is 0. The molecular formula is C19H43Cl2CrPSi.